The first-order chi connectivity index (χ1) is 12.6. The zero-order chi connectivity index (χ0) is 18.1. The summed E-state index contributed by atoms with van der Waals surface area (Å²) in [6.45, 7) is 5.22. The van der Waals surface area contributed by atoms with Crippen LogP contribution in [0.15, 0.2) is 30.3 Å². The van der Waals surface area contributed by atoms with E-state index >= 15 is 0 Å². The number of nitrogens with zero attached hydrogens (tertiary/aromatic N) is 6. The number of benzene rings is 1. The molecule has 0 saturated carbocycles. The highest BCUT2D eigenvalue weighted by Crippen LogP contribution is 2.28. The van der Waals surface area contributed by atoms with Gasteiger partial charge < -0.3 is 20.6 Å². The Hall–Kier alpha value is -2.94. The predicted molar refractivity (Wildman–Crippen MR) is 103 cm³/mol. The number of phenolic OH excluding ortho intramolecular Hbond substituents is 1. The van der Waals surface area contributed by atoms with Crippen LogP contribution in [0, 0.1) is 6.92 Å². The molecule has 1 aromatic carbocycles. The van der Waals surface area contributed by atoms with Gasteiger partial charge in [0.2, 0.25) is 10.3 Å². The van der Waals surface area contributed by atoms with Crippen LogP contribution >= 0.6 is 11.3 Å². The van der Waals surface area contributed by atoms with E-state index in [0.29, 0.717) is 16.5 Å². The maximum absolute atomic E-state index is 10.1. The smallest absolute Gasteiger partial charge is 0.210 e. The number of rotatable bonds is 3. The van der Waals surface area contributed by atoms with Gasteiger partial charge in [-0.1, -0.05) is 23.5 Å². The van der Waals surface area contributed by atoms with Gasteiger partial charge in [0.15, 0.2) is 5.82 Å². The minimum absolute atomic E-state index is 0.183. The molecule has 1 aliphatic rings. The molecule has 0 unspecified atom stereocenters. The highest BCUT2D eigenvalue weighted by Gasteiger charge is 2.22. The molecule has 0 atom stereocenters. The average molecular weight is 369 g/mol. The molecule has 26 heavy (non-hydrogen) atoms. The highest BCUT2D eigenvalue weighted by molar-refractivity contribution is 7.18. The molecule has 1 aliphatic heterocycles. The van der Waals surface area contributed by atoms with Crippen LogP contribution in [0.4, 0.5) is 16.1 Å². The zero-order valence-electron chi connectivity index (χ0n) is 14.3. The average Bonchev–Trinajstić information content (AvgIpc) is 3.08. The number of aromatic nitrogens is 4. The summed E-state index contributed by atoms with van der Waals surface area (Å²) in [7, 11) is 0. The minimum Gasteiger partial charge on any atom is -0.507 e. The highest BCUT2D eigenvalue weighted by atomic mass is 32.1. The van der Waals surface area contributed by atoms with Gasteiger partial charge in [-0.2, -0.15) is 0 Å². The molecule has 1 saturated heterocycles. The number of aryl methyl sites for hydroxylation is 1. The topological polar surface area (TPSA) is 104 Å². The van der Waals surface area contributed by atoms with E-state index in [1.165, 1.54) is 11.3 Å². The van der Waals surface area contributed by atoms with E-state index in [4.69, 9.17) is 5.73 Å². The van der Waals surface area contributed by atoms with Gasteiger partial charge in [-0.05, 0) is 19.1 Å². The molecule has 0 bridgehead atoms. The molecule has 3 heterocycles. The van der Waals surface area contributed by atoms with Crippen molar-refractivity contribution >= 4 is 27.4 Å². The third-order valence-electron chi connectivity index (χ3n) is 4.29. The Morgan fingerprint density at radius 2 is 1.77 bits per heavy atom. The Labute approximate surface area is 155 Å². The first-order valence-corrected chi connectivity index (χ1v) is 9.15. The van der Waals surface area contributed by atoms with Crippen molar-refractivity contribution in [3.63, 3.8) is 0 Å². The molecule has 1 fully saturated rings. The fraction of sp³-hybridized carbons (Fsp3) is 0.294. The van der Waals surface area contributed by atoms with Crippen LogP contribution in [0.25, 0.3) is 11.4 Å². The van der Waals surface area contributed by atoms with Gasteiger partial charge in [0.05, 0.1) is 5.56 Å². The minimum atomic E-state index is 0.183. The van der Waals surface area contributed by atoms with Gasteiger partial charge in [0.1, 0.15) is 11.6 Å². The number of aromatic hydroxyl groups is 1. The molecule has 2 aromatic heterocycles. The van der Waals surface area contributed by atoms with E-state index < -0.39 is 0 Å². The summed E-state index contributed by atoms with van der Waals surface area (Å²) in [5, 5.41) is 19.4. The van der Waals surface area contributed by atoms with E-state index in [2.05, 4.69) is 30.0 Å². The van der Waals surface area contributed by atoms with Gasteiger partial charge in [-0.3, -0.25) is 0 Å². The van der Waals surface area contributed by atoms with E-state index in [1.807, 2.05) is 25.1 Å². The fourth-order valence-corrected chi connectivity index (χ4v) is 3.64. The molecule has 0 spiro atoms. The lowest BCUT2D eigenvalue weighted by Crippen LogP contribution is -2.46. The lowest BCUT2D eigenvalue weighted by molar-refractivity contribution is 0.477. The molecule has 0 amide bonds. The monoisotopic (exact) mass is 369 g/mol. The number of hydrogen-bond donors (Lipinski definition) is 2. The first kappa shape index (κ1) is 16.5. The van der Waals surface area contributed by atoms with Gasteiger partial charge in [0.25, 0.3) is 0 Å². The van der Waals surface area contributed by atoms with Crippen LogP contribution in [-0.4, -0.2) is 51.5 Å². The lowest BCUT2D eigenvalue weighted by atomic mass is 10.2. The van der Waals surface area contributed by atoms with Crippen LogP contribution in [0.5, 0.6) is 5.75 Å². The SMILES string of the molecule is Cc1cc(N2CCN(c3nnc(N)s3)CC2)nc(-c2ccccc2O)n1. The largest absolute Gasteiger partial charge is 0.507 e. The van der Waals surface area contributed by atoms with Gasteiger partial charge in [-0.25, -0.2) is 9.97 Å². The summed E-state index contributed by atoms with van der Waals surface area (Å²) in [5.41, 5.74) is 7.18. The van der Waals surface area contributed by atoms with E-state index in [0.717, 1.165) is 42.8 Å². The van der Waals surface area contributed by atoms with Gasteiger partial charge >= 0.3 is 0 Å². The van der Waals surface area contributed by atoms with Crippen molar-refractivity contribution in [3.8, 4) is 17.1 Å². The van der Waals surface area contributed by atoms with Crippen molar-refractivity contribution in [1.82, 2.24) is 20.2 Å². The van der Waals surface area contributed by atoms with Crippen molar-refractivity contribution in [2.75, 3.05) is 41.7 Å². The predicted octanol–water partition coefficient (Wildman–Crippen LogP) is 1.92. The van der Waals surface area contributed by atoms with Crippen LogP contribution in [0.2, 0.25) is 0 Å². The Balaban J connectivity index is 1.55. The Bertz CT molecular complexity index is 921. The van der Waals surface area contributed by atoms with Crippen molar-refractivity contribution in [1.29, 1.82) is 0 Å². The first-order valence-electron chi connectivity index (χ1n) is 8.33. The third kappa shape index (κ3) is 3.25. The fourth-order valence-electron chi connectivity index (χ4n) is 2.98. The molecular formula is C17H19N7OS. The van der Waals surface area contributed by atoms with Gasteiger partial charge in [-0.15, -0.1) is 10.2 Å². The lowest BCUT2D eigenvalue weighted by Gasteiger charge is -2.35. The third-order valence-corrected chi connectivity index (χ3v) is 5.10. The number of anilines is 3. The van der Waals surface area contributed by atoms with Crippen molar-refractivity contribution in [2.45, 2.75) is 6.92 Å². The molecule has 3 aromatic rings. The van der Waals surface area contributed by atoms with Crippen molar-refractivity contribution in [3.05, 3.63) is 36.0 Å². The number of piperazine rings is 1. The summed E-state index contributed by atoms with van der Waals surface area (Å²) in [5.74, 6) is 1.59. The number of hydrogen-bond acceptors (Lipinski definition) is 9. The number of nitrogen functional groups attached to an aromatic ring is 1. The standard InChI is InChI=1S/C17H19N7OS/c1-11-10-14(20-15(19-11)12-4-2-3-5-13(12)25)23-6-8-24(9-7-23)17-22-21-16(18)26-17/h2-5,10,25H,6-9H2,1H3,(H2,18,21). The molecule has 3 N–H and O–H groups in total. The maximum Gasteiger partial charge on any atom is 0.210 e. The second-order valence-electron chi connectivity index (χ2n) is 6.11. The normalized spacial score (nSPS) is 14.7. The molecule has 8 nitrogen and oxygen atoms in total. The van der Waals surface area contributed by atoms with Crippen molar-refractivity contribution in [2.24, 2.45) is 0 Å². The maximum atomic E-state index is 10.1. The Morgan fingerprint density at radius 1 is 1.04 bits per heavy atom. The van der Waals surface area contributed by atoms with Crippen LogP contribution in [0.1, 0.15) is 5.69 Å². The summed E-state index contributed by atoms with van der Waals surface area (Å²) < 4.78 is 0. The summed E-state index contributed by atoms with van der Waals surface area (Å²) in [4.78, 5) is 13.6. The molecule has 4 rings (SSSR count). The van der Waals surface area contributed by atoms with Crippen LogP contribution in [0.3, 0.4) is 0 Å². The van der Waals surface area contributed by atoms with E-state index in [9.17, 15) is 5.11 Å². The number of phenols is 1. The molecule has 134 valence electrons. The number of nitrogens with two attached hydrogens (primary N) is 1. The van der Waals surface area contributed by atoms with Crippen LogP contribution in [-0.2, 0) is 0 Å². The molecule has 0 aliphatic carbocycles. The Morgan fingerprint density at radius 3 is 2.46 bits per heavy atom. The zero-order valence-corrected chi connectivity index (χ0v) is 15.1. The Kier molecular flexibility index (Phi) is 4.29. The molecule has 9 heteroatoms. The second-order valence-corrected chi connectivity index (χ2v) is 7.09. The van der Waals surface area contributed by atoms with E-state index in [-0.39, 0.29) is 5.75 Å². The van der Waals surface area contributed by atoms with Crippen LogP contribution < -0.4 is 15.5 Å². The second kappa shape index (κ2) is 6.75. The van der Waals surface area contributed by atoms with Crippen molar-refractivity contribution < 1.29 is 5.11 Å². The summed E-state index contributed by atoms with van der Waals surface area (Å²) >= 11 is 1.40. The quantitative estimate of drug-likeness (QED) is 0.721. The molecule has 0 radical (unpaired) electrons. The molecular weight excluding hydrogens is 350 g/mol. The summed E-state index contributed by atoms with van der Waals surface area (Å²) in [6.07, 6.45) is 0. The summed E-state index contributed by atoms with van der Waals surface area (Å²) in [6, 6.07) is 9.10. The van der Waals surface area contributed by atoms with E-state index in [1.54, 1.807) is 12.1 Å². The van der Waals surface area contributed by atoms with Gasteiger partial charge in [0, 0.05) is 37.9 Å². The number of para-hydroxylation sites is 1.